The lowest BCUT2D eigenvalue weighted by Crippen LogP contribution is -2.48. The Morgan fingerprint density at radius 1 is 1.43 bits per heavy atom. The van der Waals surface area contributed by atoms with E-state index in [1.807, 2.05) is 4.68 Å². The summed E-state index contributed by atoms with van der Waals surface area (Å²) < 4.78 is 1.94. The predicted molar refractivity (Wildman–Crippen MR) is 78.2 cm³/mol. The minimum absolute atomic E-state index is 0.250. The average Bonchev–Trinajstić information content (AvgIpc) is 3.19. The molecule has 2 saturated carbocycles. The van der Waals surface area contributed by atoms with Gasteiger partial charge in [-0.05, 0) is 49.6 Å². The van der Waals surface area contributed by atoms with Gasteiger partial charge in [-0.1, -0.05) is 24.6 Å². The van der Waals surface area contributed by atoms with Crippen molar-refractivity contribution in [2.24, 2.45) is 0 Å². The van der Waals surface area contributed by atoms with Crippen LogP contribution in [0.25, 0.3) is 0 Å². The summed E-state index contributed by atoms with van der Waals surface area (Å²) in [7, 11) is 1.73. The number of rotatable bonds is 5. The van der Waals surface area contributed by atoms with Gasteiger partial charge in [0.05, 0.1) is 6.04 Å². The lowest BCUT2D eigenvalue weighted by molar-refractivity contribution is -0.144. The number of nitrogens with zero attached hydrogens (tertiary/aromatic N) is 4. The Morgan fingerprint density at radius 2 is 2.19 bits per heavy atom. The number of carboxylic acids is 1. The fraction of sp³-hybridized carbons (Fsp3) is 0.846. The van der Waals surface area contributed by atoms with Crippen molar-refractivity contribution < 1.29 is 9.90 Å². The molecule has 0 aliphatic heterocycles. The van der Waals surface area contributed by atoms with Gasteiger partial charge >= 0.3 is 5.97 Å². The summed E-state index contributed by atoms with van der Waals surface area (Å²) in [4.78, 5) is 11.5. The van der Waals surface area contributed by atoms with Gasteiger partial charge in [-0.15, -0.1) is 5.10 Å². The molecule has 2 fully saturated rings. The maximum Gasteiger partial charge on any atom is 0.323 e. The molecule has 0 saturated heterocycles. The van der Waals surface area contributed by atoms with Gasteiger partial charge < -0.3 is 10.4 Å². The van der Waals surface area contributed by atoms with Gasteiger partial charge in [-0.2, -0.15) is 0 Å². The standard InChI is InChI=1S/C13H21N5O2S/c1-14-13(11(19)20)7-6-10(8-13)21-12-15-16-17-18(12)9-4-2-3-5-9/h9-10,14H,2-8H2,1H3,(H,19,20). The largest absolute Gasteiger partial charge is 0.480 e. The highest BCUT2D eigenvalue weighted by molar-refractivity contribution is 7.99. The molecule has 2 aliphatic carbocycles. The number of hydrogen-bond acceptors (Lipinski definition) is 6. The number of nitrogens with one attached hydrogen (secondary N) is 1. The molecule has 0 spiro atoms. The van der Waals surface area contributed by atoms with E-state index in [0.717, 1.165) is 24.4 Å². The van der Waals surface area contributed by atoms with Crippen molar-refractivity contribution in [3.05, 3.63) is 0 Å². The molecular formula is C13H21N5O2S. The summed E-state index contributed by atoms with van der Waals surface area (Å²) >= 11 is 1.63. The molecular weight excluding hydrogens is 290 g/mol. The summed E-state index contributed by atoms with van der Waals surface area (Å²) in [6, 6.07) is 0.414. The third-order valence-electron chi connectivity index (χ3n) is 4.76. The Morgan fingerprint density at radius 3 is 2.81 bits per heavy atom. The van der Waals surface area contributed by atoms with Crippen LogP contribution in [0.4, 0.5) is 0 Å². The van der Waals surface area contributed by atoms with Gasteiger partial charge in [0.25, 0.3) is 0 Å². The topological polar surface area (TPSA) is 92.9 Å². The molecule has 2 unspecified atom stereocenters. The van der Waals surface area contributed by atoms with Crippen molar-refractivity contribution >= 4 is 17.7 Å². The molecule has 2 atom stereocenters. The minimum atomic E-state index is -0.788. The maximum atomic E-state index is 11.5. The van der Waals surface area contributed by atoms with E-state index in [0.29, 0.717) is 18.9 Å². The van der Waals surface area contributed by atoms with Gasteiger partial charge in [-0.25, -0.2) is 4.68 Å². The zero-order chi connectivity index (χ0) is 14.9. The molecule has 2 N–H and O–H groups in total. The van der Waals surface area contributed by atoms with Crippen LogP contribution >= 0.6 is 11.8 Å². The second kappa shape index (κ2) is 5.92. The SMILES string of the molecule is CNC1(C(=O)O)CCC(Sc2nnnn2C2CCCC2)C1. The van der Waals surface area contributed by atoms with Crippen molar-refractivity contribution in [3.8, 4) is 0 Å². The number of aromatic nitrogens is 4. The second-order valence-corrected chi connectivity index (χ2v) is 7.23. The van der Waals surface area contributed by atoms with E-state index < -0.39 is 11.5 Å². The molecule has 0 radical (unpaired) electrons. The first-order chi connectivity index (χ1) is 10.1. The van der Waals surface area contributed by atoms with Crippen molar-refractivity contribution in [2.45, 2.75) is 66.9 Å². The predicted octanol–water partition coefficient (Wildman–Crippen LogP) is 1.48. The van der Waals surface area contributed by atoms with Crippen molar-refractivity contribution in [1.29, 1.82) is 0 Å². The monoisotopic (exact) mass is 311 g/mol. The van der Waals surface area contributed by atoms with Crippen LogP contribution in [0.5, 0.6) is 0 Å². The zero-order valence-electron chi connectivity index (χ0n) is 12.2. The Labute approximate surface area is 127 Å². The van der Waals surface area contributed by atoms with Crippen LogP contribution in [0.2, 0.25) is 0 Å². The lowest BCUT2D eigenvalue weighted by atomic mass is 9.99. The molecule has 0 bridgehead atoms. The molecule has 1 aromatic heterocycles. The smallest absolute Gasteiger partial charge is 0.323 e. The van der Waals surface area contributed by atoms with Crippen LogP contribution in [0, 0.1) is 0 Å². The summed E-state index contributed by atoms with van der Waals surface area (Å²) in [6.07, 6.45) is 6.88. The second-order valence-electron chi connectivity index (χ2n) is 5.96. The number of aliphatic carboxylic acids is 1. The van der Waals surface area contributed by atoms with Crippen LogP contribution in [0.3, 0.4) is 0 Å². The first-order valence-corrected chi connectivity index (χ1v) is 8.39. The van der Waals surface area contributed by atoms with Crippen LogP contribution in [0.15, 0.2) is 5.16 Å². The van der Waals surface area contributed by atoms with Crippen molar-refractivity contribution in [3.63, 3.8) is 0 Å². The van der Waals surface area contributed by atoms with Crippen molar-refractivity contribution in [2.75, 3.05) is 7.05 Å². The Balaban J connectivity index is 1.68. The molecule has 8 heteroatoms. The Bertz CT molecular complexity index is 516. The average molecular weight is 311 g/mol. The Kier molecular flexibility index (Phi) is 4.17. The van der Waals surface area contributed by atoms with E-state index in [1.165, 1.54) is 12.8 Å². The number of thioether (sulfide) groups is 1. The van der Waals surface area contributed by atoms with E-state index in [-0.39, 0.29) is 5.25 Å². The number of tetrazole rings is 1. The third-order valence-corrected chi connectivity index (χ3v) is 5.98. The first-order valence-electron chi connectivity index (χ1n) is 7.51. The van der Waals surface area contributed by atoms with E-state index in [4.69, 9.17) is 0 Å². The number of hydrogen-bond donors (Lipinski definition) is 2. The normalized spacial score (nSPS) is 30.0. The summed E-state index contributed by atoms with van der Waals surface area (Å²) in [6.45, 7) is 0. The Hall–Kier alpha value is -1.15. The number of carbonyl (C=O) groups is 1. The maximum absolute atomic E-state index is 11.5. The van der Waals surface area contributed by atoms with Crippen molar-refractivity contribution in [1.82, 2.24) is 25.5 Å². The minimum Gasteiger partial charge on any atom is -0.480 e. The van der Waals surface area contributed by atoms with Gasteiger partial charge in [0.2, 0.25) is 5.16 Å². The van der Waals surface area contributed by atoms with Crippen LogP contribution in [0.1, 0.15) is 51.0 Å². The summed E-state index contributed by atoms with van der Waals surface area (Å²) in [5.74, 6) is -0.761. The molecule has 0 amide bonds. The molecule has 2 aliphatic rings. The van der Waals surface area contributed by atoms with Gasteiger partial charge in [0.1, 0.15) is 5.54 Å². The molecule has 1 aromatic rings. The molecule has 21 heavy (non-hydrogen) atoms. The van der Waals surface area contributed by atoms with Gasteiger partial charge in [0.15, 0.2) is 0 Å². The fourth-order valence-electron chi connectivity index (χ4n) is 3.42. The van der Waals surface area contributed by atoms with Crippen LogP contribution < -0.4 is 5.32 Å². The molecule has 1 heterocycles. The zero-order valence-corrected chi connectivity index (χ0v) is 13.0. The molecule has 3 rings (SSSR count). The fourth-order valence-corrected chi connectivity index (χ4v) is 4.70. The van der Waals surface area contributed by atoms with Gasteiger partial charge in [0, 0.05) is 5.25 Å². The highest BCUT2D eigenvalue weighted by Crippen LogP contribution is 2.41. The first kappa shape index (κ1) is 14.8. The lowest BCUT2D eigenvalue weighted by Gasteiger charge is -2.23. The number of likely N-dealkylation sites (N-methyl/N-ethyl adjacent to an activating group) is 1. The van der Waals surface area contributed by atoms with E-state index >= 15 is 0 Å². The quantitative estimate of drug-likeness (QED) is 0.850. The van der Waals surface area contributed by atoms with E-state index in [2.05, 4.69) is 20.8 Å². The number of carboxylic acid groups (broad SMARTS) is 1. The van der Waals surface area contributed by atoms with E-state index in [1.54, 1.807) is 18.8 Å². The highest BCUT2D eigenvalue weighted by Gasteiger charge is 2.45. The van der Waals surface area contributed by atoms with E-state index in [9.17, 15) is 9.90 Å². The molecule has 7 nitrogen and oxygen atoms in total. The van der Waals surface area contributed by atoms with Gasteiger partial charge in [-0.3, -0.25) is 4.79 Å². The molecule has 116 valence electrons. The van der Waals surface area contributed by atoms with Crippen LogP contribution in [-0.2, 0) is 4.79 Å². The molecule has 0 aromatic carbocycles. The van der Waals surface area contributed by atoms with Crippen LogP contribution in [-0.4, -0.2) is 49.1 Å². The summed E-state index contributed by atoms with van der Waals surface area (Å²) in [5.41, 5.74) is -0.788. The third kappa shape index (κ3) is 2.78. The highest BCUT2D eigenvalue weighted by atomic mass is 32.2. The summed E-state index contributed by atoms with van der Waals surface area (Å²) in [5, 5.41) is 25.6.